The number of thiophene rings is 1. The second-order valence-electron chi connectivity index (χ2n) is 5.14. The number of nitrogens with one attached hydrogen (secondary N) is 1. The molecular formula is C18H18BrNS. The lowest BCUT2D eigenvalue weighted by Gasteiger charge is -2.18. The van der Waals surface area contributed by atoms with Crippen LogP contribution in [0.3, 0.4) is 0 Å². The molecule has 108 valence electrons. The zero-order valence-corrected chi connectivity index (χ0v) is 14.4. The molecule has 1 atom stereocenters. The number of hydrogen-bond acceptors (Lipinski definition) is 2. The van der Waals surface area contributed by atoms with E-state index in [9.17, 15) is 0 Å². The summed E-state index contributed by atoms with van der Waals surface area (Å²) in [6, 6.07) is 17.8. The van der Waals surface area contributed by atoms with E-state index < -0.39 is 0 Å². The van der Waals surface area contributed by atoms with Crippen LogP contribution in [-0.2, 0) is 6.42 Å². The summed E-state index contributed by atoms with van der Waals surface area (Å²) in [6.07, 6.45) is 1.01. The monoisotopic (exact) mass is 359 g/mol. The van der Waals surface area contributed by atoms with E-state index >= 15 is 0 Å². The predicted octanol–water partition coefficient (Wildman–Crippen LogP) is 5.56. The Morgan fingerprint density at radius 2 is 1.95 bits per heavy atom. The molecule has 0 aliphatic heterocycles. The van der Waals surface area contributed by atoms with E-state index in [2.05, 4.69) is 82.1 Å². The van der Waals surface area contributed by atoms with E-state index in [0.29, 0.717) is 6.04 Å². The largest absolute Gasteiger partial charge is 0.310 e. The van der Waals surface area contributed by atoms with Crippen molar-refractivity contribution in [3.8, 4) is 0 Å². The fraction of sp³-hybridized carbons (Fsp3) is 0.222. The van der Waals surface area contributed by atoms with Crippen molar-refractivity contribution in [1.82, 2.24) is 5.32 Å². The highest BCUT2D eigenvalue weighted by Crippen LogP contribution is 2.29. The molecule has 3 heteroatoms. The van der Waals surface area contributed by atoms with Gasteiger partial charge in [-0.25, -0.2) is 0 Å². The smallest absolute Gasteiger partial charge is 0.0701 e. The Morgan fingerprint density at radius 1 is 1.14 bits per heavy atom. The van der Waals surface area contributed by atoms with Crippen LogP contribution in [0.1, 0.15) is 24.1 Å². The molecule has 0 saturated heterocycles. The SMILES string of the molecule is CCNC(Cc1cccc2ccccc12)c1csc(Br)c1. The fourth-order valence-corrected chi connectivity index (χ4v) is 3.98. The molecule has 2 aromatic carbocycles. The fourth-order valence-electron chi connectivity index (χ4n) is 2.75. The molecule has 0 aliphatic rings. The van der Waals surface area contributed by atoms with Gasteiger partial charge in [-0.2, -0.15) is 0 Å². The van der Waals surface area contributed by atoms with Crippen LogP contribution < -0.4 is 5.32 Å². The van der Waals surface area contributed by atoms with E-state index in [4.69, 9.17) is 0 Å². The summed E-state index contributed by atoms with van der Waals surface area (Å²) in [5.74, 6) is 0. The standard InChI is InChI=1S/C18H18BrNS/c1-2-20-17(15-11-18(19)21-12-15)10-14-8-5-7-13-6-3-4-9-16(13)14/h3-9,11-12,17,20H,2,10H2,1H3. The topological polar surface area (TPSA) is 12.0 Å². The number of halogens is 1. The second-order valence-corrected chi connectivity index (χ2v) is 7.43. The summed E-state index contributed by atoms with van der Waals surface area (Å²) in [5, 5.41) is 8.52. The van der Waals surface area contributed by atoms with Crippen molar-refractivity contribution in [1.29, 1.82) is 0 Å². The highest BCUT2D eigenvalue weighted by Gasteiger charge is 2.14. The van der Waals surface area contributed by atoms with Crippen LogP contribution in [0.15, 0.2) is 57.7 Å². The van der Waals surface area contributed by atoms with Crippen LogP contribution in [0, 0.1) is 0 Å². The zero-order chi connectivity index (χ0) is 14.7. The summed E-state index contributed by atoms with van der Waals surface area (Å²) >= 11 is 5.32. The lowest BCUT2D eigenvalue weighted by atomic mass is 9.96. The molecule has 3 rings (SSSR count). The maximum absolute atomic E-state index is 3.61. The van der Waals surface area contributed by atoms with Crippen molar-refractivity contribution in [2.45, 2.75) is 19.4 Å². The van der Waals surface area contributed by atoms with Gasteiger partial charge in [0.05, 0.1) is 3.79 Å². The number of fused-ring (bicyclic) bond motifs is 1. The third kappa shape index (κ3) is 3.37. The maximum Gasteiger partial charge on any atom is 0.0701 e. The van der Waals surface area contributed by atoms with Crippen molar-refractivity contribution >= 4 is 38.0 Å². The predicted molar refractivity (Wildman–Crippen MR) is 96.1 cm³/mol. The first-order valence-electron chi connectivity index (χ1n) is 7.22. The summed E-state index contributed by atoms with van der Waals surface area (Å²) in [5.41, 5.74) is 2.77. The molecule has 0 spiro atoms. The van der Waals surface area contributed by atoms with E-state index in [0.717, 1.165) is 13.0 Å². The van der Waals surface area contributed by atoms with Gasteiger partial charge in [0, 0.05) is 6.04 Å². The van der Waals surface area contributed by atoms with Gasteiger partial charge in [0.15, 0.2) is 0 Å². The highest BCUT2D eigenvalue weighted by atomic mass is 79.9. The minimum Gasteiger partial charge on any atom is -0.310 e. The van der Waals surface area contributed by atoms with E-state index in [-0.39, 0.29) is 0 Å². The van der Waals surface area contributed by atoms with Crippen molar-refractivity contribution in [2.24, 2.45) is 0 Å². The van der Waals surface area contributed by atoms with Crippen LogP contribution in [0.4, 0.5) is 0 Å². The minimum absolute atomic E-state index is 0.364. The lowest BCUT2D eigenvalue weighted by Crippen LogP contribution is -2.22. The van der Waals surface area contributed by atoms with E-state index in [1.807, 2.05) is 0 Å². The van der Waals surface area contributed by atoms with Crippen LogP contribution in [0.5, 0.6) is 0 Å². The lowest BCUT2D eigenvalue weighted by molar-refractivity contribution is 0.553. The van der Waals surface area contributed by atoms with Crippen molar-refractivity contribution in [2.75, 3.05) is 6.54 Å². The molecule has 0 fully saturated rings. The van der Waals surface area contributed by atoms with Crippen LogP contribution in [0.25, 0.3) is 10.8 Å². The summed E-state index contributed by atoms with van der Waals surface area (Å²) < 4.78 is 1.19. The van der Waals surface area contributed by atoms with Crippen molar-refractivity contribution in [3.05, 3.63) is 68.8 Å². The number of likely N-dealkylation sites (N-methyl/N-ethyl adjacent to an activating group) is 1. The molecule has 3 aromatic rings. The average molecular weight is 360 g/mol. The highest BCUT2D eigenvalue weighted by molar-refractivity contribution is 9.11. The van der Waals surface area contributed by atoms with Gasteiger partial charge in [0.25, 0.3) is 0 Å². The molecule has 0 aliphatic carbocycles. The van der Waals surface area contributed by atoms with Crippen molar-refractivity contribution in [3.63, 3.8) is 0 Å². The Labute approximate surface area is 138 Å². The molecule has 1 aromatic heterocycles. The summed E-state index contributed by atoms with van der Waals surface area (Å²) in [6.45, 7) is 3.14. The van der Waals surface area contributed by atoms with Gasteiger partial charge in [-0.3, -0.25) is 0 Å². The first-order valence-corrected chi connectivity index (χ1v) is 8.89. The van der Waals surface area contributed by atoms with Gasteiger partial charge < -0.3 is 5.32 Å². The summed E-state index contributed by atoms with van der Waals surface area (Å²) in [7, 11) is 0. The Bertz CT molecular complexity index is 729. The van der Waals surface area contributed by atoms with Crippen LogP contribution in [-0.4, -0.2) is 6.54 Å². The third-order valence-corrected chi connectivity index (χ3v) is 5.27. The van der Waals surface area contributed by atoms with Gasteiger partial charge in [0.2, 0.25) is 0 Å². The second kappa shape index (κ2) is 6.73. The molecule has 0 saturated carbocycles. The Hall–Kier alpha value is -1.16. The number of benzene rings is 2. The molecule has 1 unspecified atom stereocenters. The van der Waals surface area contributed by atoms with Gasteiger partial charge in [-0.15, -0.1) is 11.3 Å². The normalized spacial score (nSPS) is 12.7. The van der Waals surface area contributed by atoms with E-state index in [1.54, 1.807) is 11.3 Å². The first kappa shape index (κ1) is 14.8. The summed E-state index contributed by atoms with van der Waals surface area (Å²) in [4.78, 5) is 0. The quantitative estimate of drug-likeness (QED) is 0.628. The van der Waals surface area contributed by atoms with E-state index in [1.165, 1.54) is 25.7 Å². The number of rotatable bonds is 5. The zero-order valence-electron chi connectivity index (χ0n) is 12.0. The maximum atomic E-state index is 3.61. The van der Waals surface area contributed by atoms with Crippen molar-refractivity contribution < 1.29 is 0 Å². The van der Waals surface area contributed by atoms with Gasteiger partial charge in [-0.1, -0.05) is 49.4 Å². The third-order valence-electron chi connectivity index (χ3n) is 3.74. The molecule has 21 heavy (non-hydrogen) atoms. The molecular weight excluding hydrogens is 342 g/mol. The Kier molecular flexibility index (Phi) is 4.73. The molecule has 0 amide bonds. The average Bonchev–Trinajstić information content (AvgIpc) is 2.94. The van der Waals surface area contributed by atoms with Gasteiger partial charge in [-0.05, 0) is 62.2 Å². The molecule has 0 bridgehead atoms. The molecule has 1 N–H and O–H groups in total. The van der Waals surface area contributed by atoms with Gasteiger partial charge >= 0.3 is 0 Å². The molecule has 1 heterocycles. The number of hydrogen-bond donors (Lipinski definition) is 1. The first-order chi connectivity index (χ1) is 10.3. The molecule has 1 nitrogen and oxygen atoms in total. The minimum atomic E-state index is 0.364. The van der Waals surface area contributed by atoms with Gasteiger partial charge in [0.1, 0.15) is 0 Å². The molecule has 0 radical (unpaired) electrons. The van der Waals surface area contributed by atoms with Crippen LogP contribution >= 0.6 is 27.3 Å². The Morgan fingerprint density at radius 3 is 2.71 bits per heavy atom. The van der Waals surface area contributed by atoms with Crippen LogP contribution in [0.2, 0.25) is 0 Å². The Balaban J connectivity index is 1.94.